The second kappa shape index (κ2) is 6.35. The Balaban J connectivity index is 1.56. The van der Waals surface area contributed by atoms with E-state index in [0.29, 0.717) is 5.92 Å². The normalized spacial score (nSPS) is 19.9. The molecule has 138 valence electrons. The molecule has 1 saturated heterocycles. The van der Waals surface area contributed by atoms with Crippen molar-refractivity contribution in [2.75, 3.05) is 18.5 Å². The molecular weight excluding hydrogens is 340 g/mol. The Bertz CT molecular complexity index is 1080. The van der Waals surface area contributed by atoms with Gasteiger partial charge in [-0.15, -0.1) is 0 Å². The molecule has 0 saturated carbocycles. The first-order valence-corrected chi connectivity index (χ1v) is 9.29. The summed E-state index contributed by atoms with van der Waals surface area (Å²) < 4.78 is 7.84. The molecule has 3 aromatic heterocycles. The van der Waals surface area contributed by atoms with Gasteiger partial charge in [-0.1, -0.05) is 19.1 Å². The summed E-state index contributed by atoms with van der Waals surface area (Å²) in [5.74, 6) is 2.26. The van der Waals surface area contributed by atoms with Crippen LogP contribution in [0, 0.1) is 5.92 Å². The lowest BCUT2D eigenvalue weighted by atomic mass is 10.1. The van der Waals surface area contributed by atoms with E-state index >= 15 is 0 Å². The molecule has 27 heavy (non-hydrogen) atoms. The molecule has 2 unspecified atom stereocenters. The minimum Gasteiger partial charge on any atom is -0.376 e. The lowest BCUT2D eigenvalue weighted by Gasteiger charge is -2.12. The van der Waals surface area contributed by atoms with E-state index in [1.807, 2.05) is 35.9 Å². The SMILES string of the molecule is CC1COC(CNc2ncnc3c2c(-c2nc4ccccc4[nH]2)cn3C)C1. The van der Waals surface area contributed by atoms with E-state index in [-0.39, 0.29) is 6.10 Å². The monoisotopic (exact) mass is 362 g/mol. The van der Waals surface area contributed by atoms with Gasteiger partial charge in [0.1, 0.15) is 23.6 Å². The molecule has 0 bridgehead atoms. The number of ether oxygens (including phenoxy) is 1. The van der Waals surface area contributed by atoms with Crippen molar-refractivity contribution in [2.45, 2.75) is 19.4 Å². The zero-order valence-electron chi connectivity index (χ0n) is 15.4. The number of para-hydroxylation sites is 2. The van der Waals surface area contributed by atoms with Crippen LogP contribution in [0.4, 0.5) is 5.82 Å². The van der Waals surface area contributed by atoms with Crippen LogP contribution in [0.1, 0.15) is 13.3 Å². The number of benzene rings is 1. The first-order chi connectivity index (χ1) is 13.2. The van der Waals surface area contributed by atoms with Crippen LogP contribution in [0.5, 0.6) is 0 Å². The summed E-state index contributed by atoms with van der Waals surface area (Å²) in [7, 11) is 1.99. The summed E-state index contributed by atoms with van der Waals surface area (Å²) in [6.45, 7) is 3.80. The van der Waals surface area contributed by atoms with Crippen molar-refractivity contribution in [3.05, 3.63) is 36.8 Å². The van der Waals surface area contributed by atoms with Gasteiger partial charge in [0.2, 0.25) is 0 Å². The number of imidazole rings is 1. The van der Waals surface area contributed by atoms with Gasteiger partial charge in [0.15, 0.2) is 0 Å². The van der Waals surface area contributed by atoms with E-state index in [0.717, 1.165) is 58.8 Å². The van der Waals surface area contributed by atoms with Crippen LogP contribution in [-0.4, -0.2) is 43.8 Å². The second-order valence-corrected chi connectivity index (χ2v) is 7.35. The van der Waals surface area contributed by atoms with Gasteiger partial charge in [-0.25, -0.2) is 15.0 Å². The molecule has 7 nitrogen and oxygen atoms in total. The predicted octanol–water partition coefficient (Wildman–Crippen LogP) is 3.35. The van der Waals surface area contributed by atoms with Crippen LogP contribution in [0.25, 0.3) is 33.5 Å². The smallest absolute Gasteiger partial charge is 0.145 e. The summed E-state index contributed by atoms with van der Waals surface area (Å²) in [6, 6.07) is 8.04. The zero-order chi connectivity index (χ0) is 18.4. The van der Waals surface area contributed by atoms with E-state index in [1.54, 1.807) is 6.33 Å². The predicted molar refractivity (Wildman–Crippen MR) is 106 cm³/mol. The average molecular weight is 362 g/mol. The maximum absolute atomic E-state index is 5.83. The highest BCUT2D eigenvalue weighted by Gasteiger charge is 2.23. The number of hydrogen-bond donors (Lipinski definition) is 2. The van der Waals surface area contributed by atoms with E-state index in [2.05, 4.69) is 33.4 Å². The molecule has 0 radical (unpaired) electrons. The van der Waals surface area contributed by atoms with Crippen molar-refractivity contribution in [3.63, 3.8) is 0 Å². The Morgan fingerprint density at radius 2 is 2.19 bits per heavy atom. The molecule has 5 rings (SSSR count). The van der Waals surface area contributed by atoms with Crippen LogP contribution in [0.3, 0.4) is 0 Å². The van der Waals surface area contributed by atoms with Gasteiger partial charge in [0, 0.05) is 32.0 Å². The van der Waals surface area contributed by atoms with Crippen molar-refractivity contribution in [1.82, 2.24) is 24.5 Å². The number of fused-ring (bicyclic) bond motifs is 2. The third-order valence-corrected chi connectivity index (χ3v) is 5.18. The van der Waals surface area contributed by atoms with Crippen LogP contribution < -0.4 is 5.32 Å². The van der Waals surface area contributed by atoms with Crippen LogP contribution in [-0.2, 0) is 11.8 Å². The fourth-order valence-electron chi connectivity index (χ4n) is 3.84. The molecular formula is C20H22N6O. The number of aryl methyl sites for hydroxylation is 1. The highest BCUT2D eigenvalue weighted by Crippen LogP contribution is 2.33. The number of H-pyrrole nitrogens is 1. The molecule has 1 aromatic carbocycles. The van der Waals surface area contributed by atoms with Crippen molar-refractivity contribution < 1.29 is 4.74 Å². The Kier molecular flexibility index (Phi) is 3.82. The molecule has 0 amide bonds. The molecule has 1 fully saturated rings. The Morgan fingerprint density at radius 1 is 1.30 bits per heavy atom. The second-order valence-electron chi connectivity index (χ2n) is 7.35. The molecule has 4 aromatic rings. The molecule has 4 heterocycles. The van der Waals surface area contributed by atoms with Crippen LogP contribution >= 0.6 is 0 Å². The van der Waals surface area contributed by atoms with Crippen molar-refractivity contribution in [2.24, 2.45) is 13.0 Å². The molecule has 0 aliphatic carbocycles. The number of aromatic amines is 1. The minimum absolute atomic E-state index is 0.225. The van der Waals surface area contributed by atoms with Crippen LogP contribution in [0.15, 0.2) is 36.8 Å². The lowest BCUT2D eigenvalue weighted by molar-refractivity contribution is 0.116. The van der Waals surface area contributed by atoms with E-state index < -0.39 is 0 Å². The standard InChI is InChI=1S/C20H22N6O/c1-12-7-13(27-10-12)8-21-19-17-14(9-26(2)20(17)23-11-22-19)18-24-15-5-3-4-6-16(15)25-18/h3-6,9,11-13H,7-8,10H2,1-2H3,(H,24,25)(H,21,22,23). The van der Waals surface area contributed by atoms with Crippen molar-refractivity contribution in [1.29, 1.82) is 0 Å². The number of aromatic nitrogens is 5. The third kappa shape index (κ3) is 2.84. The molecule has 2 atom stereocenters. The highest BCUT2D eigenvalue weighted by molar-refractivity contribution is 6.01. The Labute approximate surface area is 156 Å². The van der Waals surface area contributed by atoms with Gasteiger partial charge in [-0.2, -0.15) is 0 Å². The zero-order valence-corrected chi connectivity index (χ0v) is 15.4. The summed E-state index contributed by atoms with van der Waals surface area (Å²) in [5.41, 5.74) is 3.84. The van der Waals surface area contributed by atoms with Crippen molar-refractivity contribution in [3.8, 4) is 11.4 Å². The average Bonchev–Trinajstić information content (AvgIpc) is 3.37. The maximum atomic E-state index is 5.83. The summed E-state index contributed by atoms with van der Waals surface area (Å²) in [6.07, 6.45) is 4.96. The minimum atomic E-state index is 0.225. The number of rotatable bonds is 4. The quantitative estimate of drug-likeness (QED) is 0.582. The molecule has 1 aliphatic heterocycles. The summed E-state index contributed by atoms with van der Waals surface area (Å²) in [5, 5.41) is 4.45. The Morgan fingerprint density at radius 3 is 3.00 bits per heavy atom. The van der Waals surface area contributed by atoms with Gasteiger partial charge in [-0.05, 0) is 24.5 Å². The molecule has 1 aliphatic rings. The number of nitrogens with zero attached hydrogens (tertiary/aromatic N) is 4. The largest absolute Gasteiger partial charge is 0.376 e. The van der Waals surface area contributed by atoms with E-state index in [4.69, 9.17) is 9.72 Å². The summed E-state index contributed by atoms with van der Waals surface area (Å²) >= 11 is 0. The fourth-order valence-corrected chi connectivity index (χ4v) is 3.84. The molecule has 2 N–H and O–H groups in total. The number of hydrogen-bond acceptors (Lipinski definition) is 5. The Hall–Kier alpha value is -2.93. The number of nitrogens with one attached hydrogen (secondary N) is 2. The van der Waals surface area contributed by atoms with Gasteiger partial charge in [-0.3, -0.25) is 0 Å². The fraction of sp³-hybridized carbons (Fsp3) is 0.350. The van der Waals surface area contributed by atoms with Gasteiger partial charge in [0.25, 0.3) is 0 Å². The van der Waals surface area contributed by atoms with Crippen molar-refractivity contribution >= 4 is 27.9 Å². The van der Waals surface area contributed by atoms with E-state index in [9.17, 15) is 0 Å². The van der Waals surface area contributed by atoms with Gasteiger partial charge in [0.05, 0.1) is 22.5 Å². The molecule has 7 heteroatoms. The van der Waals surface area contributed by atoms with Gasteiger partial charge < -0.3 is 19.6 Å². The van der Waals surface area contributed by atoms with E-state index in [1.165, 1.54) is 0 Å². The highest BCUT2D eigenvalue weighted by atomic mass is 16.5. The van der Waals surface area contributed by atoms with Gasteiger partial charge >= 0.3 is 0 Å². The first kappa shape index (κ1) is 16.3. The number of anilines is 1. The topological polar surface area (TPSA) is 80.7 Å². The summed E-state index contributed by atoms with van der Waals surface area (Å²) in [4.78, 5) is 17.2. The third-order valence-electron chi connectivity index (χ3n) is 5.18. The van der Waals surface area contributed by atoms with Crippen LogP contribution in [0.2, 0.25) is 0 Å². The lowest BCUT2D eigenvalue weighted by Crippen LogP contribution is -2.19. The maximum Gasteiger partial charge on any atom is 0.145 e. The first-order valence-electron chi connectivity index (χ1n) is 9.29. The molecule has 0 spiro atoms.